The van der Waals surface area contributed by atoms with Gasteiger partial charge in [-0.2, -0.15) is 11.8 Å². The number of nitrogens with zero attached hydrogens (tertiary/aromatic N) is 2. The molecule has 0 spiro atoms. The lowest BCUT2D eigenvalue weighted by Crippen LogP contribution is -2.38. The van der Waals surface area contributed by atoms with Crippen LogP contribution in [0.15, 0.2) is 10.4 Å². The molecular weight excluding hydrogens is 439 g/mol. The van der Waals surface area contributed by atoms with E-state index in [1.165, 1.54) is 29.3 Å². The van der Waals surface area contributed by atoms with Crippen LogP contribution in [0.2, 0.25) is 0 Å². The molecule has 0 aliphatic heterocycles. The smallest absolute Gasteiger partial charge is 0.190 e. The van der Waals surface area contributed by atoms with Gasteiger partial charge in [-0.05, 0) is 24.9 Å². The summed E-state index contributed by atoms with van der Waals surface area (Å²) < 4.78 is 0. The molecular formula is C16H31IN4S2. The number of rotatable bonds is 8. The number of halogens is 1. The number of thioether (sulfide) groups is 1. The summed E-state index contributed by atoms with van der Waals surface area (Å²) in [6, 6.07) is 0. The first-order valence-corrected chi connectivity index (χ1v) is 10.1. The average molecular weight is 470 g/mol. The molecule has 23 heavy (non-hydrogen) atoms. The van der Waals surface area contributed by atoms with Gasteiger partial charge < -0.3 is 10.6 Å². The lowest BCUT2D eigenvalue weighted by molar-refractivity contribution is 0.570. The number of unbranched alkanes of at least 4 members (excludes halogenated alkanes) is 1. The van der Waals surface area contributed by atoms with E-state index in [0.717, 1.165) is 25.5 Å². The Morgan fingerprint density at radius 2 is 1.96 bits per heavy atom. The fourth-order valence-corrected chi connectivity index (χ4v) is 3.37. The van der Waals surface area contributed by atoms with Crippen molar-refractivity contribution in [2.45, 2.75) is 45.4 Å². The zero-order valence-corrected chi connectivity index (χ0v) is 18.9. The van der Waals surface area contributed by atoms with Gasteiger partial charge in [0.05, 0.1) is 10.7 Å². The summed E-state index contributed by atoms with van der Waals surface area (Å²) in [6.45, 7) is 8.44. The van der Waals surface area contributed by atoms with Gasteiger partial charge in [0.25, 0.3) is 0 Å². The molecule has 0 bridgehead atoms. The Balaban J connectivity index is 0.00000484. The number of hydrogen-bond donors (Lipinski definition) is 2. The van der Waals surface area contributed by atoms with Gasteiger partial charge >= 0.3 is 0 Å². The second-order valence-electron chi connectivity index (χ2n) is 6.25. The molecule has 0 aromatic carbocycles. The molecule has 0 fully saturated rings. The molecule has 134 valence electrons. The van der Waals surface area contributed by atoms with Crippen molar-refractivity contribution in [1.82, 2.24) is 15.6 Å². The fourth-order valence-electron chi connectivity index (χ4n) is 1.86. The normalized spacial score (nSPS) is 12.0. The molecule has 4 nitrogen and oxygen atoms in total. The van der Waals surface area contributed by atoms with Crippen molar-refractivity contribution < 1.29 is 0 Å². The lowest BCUT2D eigenvalue weighted by Gasteiger charge is -2.14. The summed E-state index contributed by atoms with van der Waals surface area (Å²) in [5.41, 5.74) is 1.32. The molecule has 1 aromatic rings. The quantitative estimate of drug-likeness (QED) is 0.262. The van der Waals surface area contributed by atoms with Crippen LogP contribution in [0.4, 0.5) is 0 Å². The second kappa shape index (κ2) is 12.4. The topological polar surface area (TPSA) is 49.3 Å². The van der Waals surface area contributed by atoms with Gasteiger partial charge in [0.15, 0.2) is 5.96 Å². The Bertz CT molecular complexity index is 455. The monoisotopic (exact) mass is 470 g/mol. The molecule has 0 saturated heterocycles. The summed E-state index contributed by atoms with van der Waals surface area (Å²) in [6.07, 6.45) is 5.52. The third-order valence-electron chi connectivity index (χ3n) is 3.24. The summed E-state index contributed by atoms with van der Waals surface area (Å²) in [4.78, 5) is 8.97. The van der Waals surface area contributed by atoms with Crippen molar-refractivity contribution in [3.8, 4) is 0 Å². The van der Waals surface area contributed by atoms with E-state index in [4.69, 9.17) is 4.98 Å². The maximum atomic E-state index is 4.72. The Labute approximate surface area is 166 Å². The molecule has 0 radical (unpaired) electrons. The molecule has 0 unspecified atom stereocenters. The third-order valence-corrected chi connectivity index (χ3v) is 4.85. The van der Waals surface area contributed by atoms with Crippen LogP contribution in [0.25, 0.3) is 0 Å². The Hall–Kier alpha value is -0.0200. The van der Waals surface area contributed by atoms with Gasteiger partial charge in [-0.3, -0.25) is 4.99 Å². The number of aliphatic imine (C=N–C) groups is 1. The van der Waals surface area contributed by atoms with Gasteiger partial charge in [-0.15, -0.1) is 35.3 Å². The first-order chi connectivity index (χ1) is 10.5. The Kier molecular flexibility index (Phi) is 12.3. The van der Waals surface area contributed by atoms with Gasteiger partial charge in [0, 0.05) is 37.4 Å². The van der Waals surface area contributed by atoms with Crippen molar-refractivity contribution in [2.75, 3.05) is 32.1 Å². The average Bonchev–Trinajstić information content (AvgIpc) is 2.94. The van der Waals surface area contributed by atoms with Crippen LogP contribution in [-0.4, -0.2) is 43.1 Å². The van der Waals surface area contributed by atoms with Crippen molar-refractivity contribution in [3.05, 3.63) is 16.1 Å². The number of thiazole rings is 1. The molecule has 7 heteroatoms. The number of aromatic nitrogens is 1. The van der Waals surface area contributed by atoms with E-state index in [-0.39, 0.29) is 29.4 Å². The van der Waals surface area contributed by atoms with Crippen molar-refractivity contribution >= 4 is 53.0 Å². The van der Waals surface area contributed by atoms with Crippen molar-refractivity contribution in [2.24, 2.45) is 4.99 Å². The largest absolute Gasteiger partial charge is 0.356 e. The highest BCUT2D eigenvalue weighted by molar-refractivity contribution is 14.0. The minimum Gasteiger partial charge on any atom is -0.356 e. The highest BCUT2D eigenvalue weighted by Gasteiger charge is 2.17. The molecule has 2 N–H and O–H groups in total. The zero-order valence-electron chi connectivity index (χ0n) is 14.9. The van der Waals surface area contributed by atoms with Crippen LogP contribution in [0.1, 0.15) is 44.3 Å². The standard InChI is InChI=1S/C16H30N4S2.HI/c1-16(2,3)13-12-22-14(20-13)8-10-19-15(17-4)18-9-6-7-11-21-5;/h12H,6-11H2,1-5H3,(H2,17,18,19);1H. The highest BCUT2D eigenvalue weighted by atomic mass is 127. The first-order valence-electron chi connectivity index (χ1n) is 7.85. The van der Waals surface area contributed by atoms with E-state index >= 15 is 0 Å². The van der Waals surface area contributed by atoms with Crippen LogP contribution in [0.3, 0.4) is 0 Å². The molecule has 0 amide bonds. The third kappa shape index (κ3) is 9.76. The SMILES string of the molecule is CN=C(NCCCCSC)NCCc1nc(C(C)(C)C)cs1.I. The van der Waals surface area contributed by atoms with Gasteiger partial charge in [-0.25, -0.2) is 4.98 Å². The van der Waals surface area contributed by atoms with Crippen molar-refractivity contribution in [3.63, 3.8) is 0 Å². The van der Waals surface area contributed by atoms with Gasteiger partial charge in [0.2, 0.25) is 0 Å². The minimum atomic E-state index is 0. The Morgan fingerprint density at radius 1 is 1.26 bits per heavy atom. The molecule has 0 aliphatic rings. The molecule has 0 saturated carbocycles. The Morgan fingerprint density at radius 3 is 2.52 bits per heavy atom. The van der Waals surface area contributed by atoms with E-state index in [2.05, 4.69) is 48.0 Å². The van der Waals surface area contributed by atoms with Crippen LogP contribution in [0, 0.1) is 0 Å². The maximum absolute atomic E-state index is 4.72. The summed E-state index contributed by atoms with van der Waals surface area (Å²) in [5.74, 6) is 2.12. The maximum Gasteiger partial charge on any atom is 0.190 e. The van der Waals surface area contributed by atoms with Crippen LogP contribution in [0.5, 0.6) is 0 Å². The summed E-state index contributed by atoms with van der Waals surface area (Å²) >= 11 is 3.65. The number of guanidine groups is 1. The predicted molar refractivity (Wildman–Crippen MR) is 117 cm³/mol. The van der Waals surface area contributed by atoms with E-state index in [1.807, 2.05) is 18.8 Å². The van der Waals surface area contributed by atoms with E-state index < -0.39 is 0 Å². The van der Waals surface area contributed by atoms with Crippen LogP contribution >= 0.6 is 47.1 Å². The minimum absolute atomic E-state index is 0. The van der Waals surface area contributed by atoms with Gasteiger partial charge in [0.1, 0.15) is 0 Å². The number of nitrogens with one attached hydrogen (secondary N) is 2. The molecule has 0 aliphatic carbocycles. The summed E-state index contributed by atoms with van der Waals surface area (Å²) in [7, 11) is 1.82. The lowest BCUT2D eigenvalue weighted by atomic mass is 9.93. The fraction of sp³-hybridized carbons (Fsp3) is 0.750. The van der Waals surface area contributed by atoms with E-state index in [1.54, 1.807) is 11.3 Å². The zero-order chi connectivity index (χ0) is 16.4. The first kappa shape index (κ1) is 23.0. The molecule has 1 heterocycles. The highest BCUT2D eigenvalue weighted by Crippen LogP contribution is 2.23. The molecule has 1 aromatic heterocycles. The van der Waals surface area contributed by atoms with Crippen molar-refractivity contribution in [1.29, 1.82) is 0 Å². The molecule has 0 atom stereocenters. The second-order valence-corrected chi connectivity index (χ2v) is 8.18. The van der Waals surface area contributed by atoms with Crippen LogP contribution in [-0.2, 0) is 11.8 Å². The van der Waals surface area contributed by atoms with Crippen LogP contribution < -0.4 is 10.6 Å². The van der Waals surface area contributed by atoms with E-state index in [9.17, 15) is 0 Å². The number of hydrogen-bond acceptors (Lipinski definition) is 4. The van der Waals surface area contributed by atoms with E-state index in [0.29, 0.717) is 0 Å². The van der Waals surface area contributed by atoms with Gasteiger partial charge in [-0.1, -0.05) is 20.8 Å². The molecule has 1 rings (SSSR count). The predicted octanol–water partition coefficient (Wildman–Crippen LogP) is 3.91. The summed E-state index contributed by atoms with van der Waals surface area (Å²) in [5, 5.41) is 10.1.